The summed E-state index contributed by atoms with van der Waals surface area (Å²) < 4.78 is 48.5. The van der Waals surface area contributed by atoms with E-state index in [1.165, 1.54) is 12.3 Å². The Balaban J connectivity index is 3.43. The third kappa shape index (κ3) is 2.96. The molecule has 7 heteroatoms. The van der Waals surface area contributed by atoms with Crippen molar-refractivity contribution in [1.82, 2.24) is 0 Å². The third-order valence-electron chi connectivity index (χ3n) is 2.06. The number of hydrogen-bond donors (Lipinski definition) is 0. The van der Waals surface area contributed by atoms with Gasteiger partial charge in [-0.15, -0.1) is 11.8 Å². The van der Waals surface area contributed by atoms with Gasteiger partial charge in [0.15, 0.2) is 9.84 Å². The maximum Gasteiger partial charge on any atom is 0.163 e. The van der Waals surface area contributed by atoms with E-state index in [-0.39, 0.29) is 5.56 Å². The lowest BCUT2D eigenvalue weighted by molar-refractivity contribution is 0.578. The van der Waals surface area contributed by atoms with Crippen LogP contribution in [0.25, 0.3) is 0 Å². The highest BCUT2D eigenvalue weighted by Crippen LogP contribution is 2.34. The molecule has 3 nitrogen and oxygen atoms in total. The summed E-state index contributed by atoms with van der Waals surface area (Å²) in [5.74, 6) is -1.82. The molecular weight excluding hydrogens is 268 g/mol. The Kier molecular flexibility index (Phi) is 4.11. The maximum absolute atomic E-state index is 13.6. The largest absolute Gasteiger partial charge is 0.228 e. The molecule has 0 aromatic heterocycles. The second-order valence-electron chi connectivity index (χ2n) is 3.36. The first-order chi connectivity index (χ1) is 7.81. The van der Waals surface area contributed by atoms with Crippen LogP contribution in [-0.4, -0.2) is 20.9 Å². The lowest BCUT2D eigenvalue weighted by atomic mass is 10.1. The fraction of sp³-hybridized carbons (Fsp3) is 0.300. The van der Waals surface area contributed by atoms with Crippen molar-refractivity contribution in [1.29, 1.82) is 5.26 Å². The predicted octanol–water partition coefficient (Wildman–Crippen LogP) is 2.24. The van der Waals surface area contributed by atoms with Gasteiger partial charge in [-0.3, -0.25) is 0 Å². The van der Waals surface area contributed by atoms with E-state index in [0.29, 0.717) is 6.07 Å². The minimum Gasteiger partial charge on any atom is -0.228 e. The molecule has 0 aliphatic heterocycles. The van der Waals surface area contributed by atoms with Crippen LogP contribution in [0.15, 0.2) is 12.1 Å². The zero-order valence-electron chi connectivity index (χ0n) is 9.07. The van der Waals surface area contributed by atoms with Crippen LogP contribution < -0.4 is 0 Å². The van der Waals surface area contributed by atoms with Gasteiger partial charge in [-0.1, -0.05) is 0 Å². The van der Waals surface area contributed by atoms with E-state index in [9.17, 15) is 17.2 Å². The minimum absolute atomic E-state index is 0.267. The summed E-state index contributed by atoms with van der Waals surface area (Å²) in [5, 5.41) is 8.51. The Morgan fingerprint density at radius 2 is 1.94 bits per heavy atom. The summed E-state index contributed by atoms with van der Waals surface area (Å²) in [6.45, 7) is 0. The molecule has 0 saturated heterocycles. The molecule has 92 valence electrons. The van der Waals surface area contributed by atoms with Gasteiger partial charge in [0.05, 0.1) is 5.56 Å². The number of halogens is 2. The number of sulfone groups is 1. The zero-order chi connectivity index (χ0) is 13.2. The third-order valence-corrected chi connectivity index (χ3v) is 5.40. The van der Waals surface area contributed by atoms with E-state index in [1.54, 1.807) is 0 Å². The molecule has 0 amide bonds. The normalized spacial score (nSPS) is 13.1. The first-order valence-electron chi connectivity index (χ1n) is 4.42. The van der Waals surface area contributed by atoms with E-state index < -0.39 is 31.6 Å². The van der Waals surface area contributed by atoms with E-state index in [1.807, 2.05) is 0 Å². The van der Waals surface area contributed by atoms with Crippen molar-refractivity contribution in [2.75, 3.05) is 12.5 Å². The van der Waals surface area contributed by atoms with Crippen LogP contribution in [0.4, 0.5) is 8.78 Å². The van der Waals surface area contributed by atoms with E-state index in [4.69, 9.17) is 5.26 Å². The smallest absolute Gasteiger partial charge is 0.163 e. The van der Waals surface area contributed by atoms with Gasteiger partial charge in [-0.25, -0.2) is 17.2 Å². The molecule has 1 atom stereocenters. The number of rotatable bonds is 3. The molecule has 0 heterocycles. The highest BCUT2D eigenvalue weighted by molar-refractivity contribution is 8.12. The summed E-state index contributed by atoms with van der Waals surface area (Å²) in [6, 6.07) is 2.96. The molecule has 0 N–H and O–H groups in total. The van der Waals surface area contributed by atoms with Crippen molar-refractivity contribution in [3.05, 3.63) is 34.9 Å². The topological polar surface area (TPSA) is 57.9 Å². The molecule has 1 unspecified atom stereocenters. The lowest BCUT2D eigenvalue weighted by Crippen LogP contribution is -2.10. The van der Waals surface area contributed by atoms with E-state index in [0.717, 1.165) is 24.1 Å². The second kappa shape index (κ2) is 5.02. The van der Waals surface area contributed by atoms with Gasteiger partial charge in [0.2, 0.25) is 0 Å². The Hall–Kier alpha value is -1.13. The number of benzene rings is 1. The average molecular weight is 277 g/mol. The average Bonchev–Trinajstić information content (AvgIpc) is 2.21. The van der Waals surface area contributed by atoms with Crippen molar-refractivity contribution < 1.29 is 17.2 Å². The molecule has 1 aromatic rings. The van der Waals surface area contributed by atoms with Gasteiger partial charge in [-0.05, 0) is 18.4 Å². The second-order valence-corrected chi connectivity index (χ2v) is 6.73. The van der Waals surface area contributed by atoms with Gasteiger partial charge in [0.1, 0.15) is 22.3 Å². The van der Waals surface area contributed by atoms with E-state index >= 15 is 0 Å². The minimum atomic E-state index is -3.55. The fourth-order valence-electron chi connectivity index (χ4n) is 1.36. The molecule has 0 fully saturated rings. The molecule has 1 rings (SSSR count). The predicted molar refractivity (Wildman–Crippen MR) is 62.2 cm³/mol. The highest BCUT2D eigenvalue weighted by atomic mass is 32.3. The number of thioether (sulfide) groups is 1. The van der Waals surface area contributed by atoms with Gasteiger partial charge in [0.25, 0.3) is 0 Å². The monoisotopic (exact) mass is 277 g/mol. The standard InChI is InChI=1S/C10H9F2NO2S2/c1-16-10(17(2,14)15)7-4-8(11)6(5-13)3-9(7)12/h3-4,10H,1-2H3. The van der Waals surface area contributed by atoms with Crippen LogP contribution in [0.1, 0.15) is 15.7 Å². The van der Waals surface area contributed by atoms with Crippen LogP contribution in [0, 0.1) is 23.0 Å². The Labute approximate surface area is 102 Å². The van der Waals surface area contributed by atoms with Gasteiger partial charge in [0, 0.05) is 11.8 Å². The van der Waals surface area contributed by atoms with Crippen molar-refractivity contribution >= 4 is 21.6 Å². The Bertz CT molecular complexity index is 579. The molecule has 0 saturated carbocycles. The van der Waals surface area contributed by atoms with Gasteiger partial charge in [-0.2, -0.15) is 5.26 Å². The number of hydrogen-bond acceptors (Lipinski definition) is 4. The molecule has 0 aliphatic rings. The molecule has 0 bridgehead atoms. The number of nitriles is 1. The Morgan fingerprint density at radius 1 is 1.35 bits per heavy atom. The first-order valence-corrected chi connectivity index (χ1v) is 7.66. The SMILES string of the molecule is CSC(c1cc(F)c(C#N)cc1F)S(C)(=O)=O. The van der Waals surface area contributed by atoms with Crippen LogP contribution >= 0.6 is 11.8 Å². The fourth-order valence-corrected chi connectivity index (χ4v) is 3.84. The quantitative estimate of drug-likeness (QED) is 0.850. The van der Waals surface area contributed by atoms with Crippen LogP contribution in [0.3, 0.4) is 0 Å². The molecule has 0 spiro atoms. The summed E-state index contributed by atoms with van der Waals surface area (Å²) in [6.07, 6.45) is 2.44. The lowest BCUT2D eigenvalue weighted by Gasteiger charge is -2.14. The molecular formula is C10H9F2NO2S2. The summed E-state index contributed by atoms with van der Waals surface area (Å²) in [7, 11) is -3.55. The van der Waals surface area contributed by atoms with Crippen molar-refractivity contribution in [2.24, 2.45) is 0 Å². The summed E-state index contributed by atoms with van der Waals surface area (Å²) >= 11 is 0.889. The van der Waals surface area contributed by atoms with Crippen LogP contribution in [-0.2, 0) is 9.84 Å². The Morgan fingerprint density at radius 3 is 2.35 bits per heavy atom. The van der Waals surface area contributed by atoms with Crippen LogP contribution in [0.5, 0.6) is 0 Å². The van der Waals surface area contributed by atoms with Gasteiger partial charge < -0.3 is 0 Å². The van der Waals surface area contributed by atoms with Crippen molar-refractivity contribution in [2.45, 2.75) is 4.58 Å². The summed E-state index contributed by atoms with van der Waals surface area (Å²) in [5.41, 5.74) is -0.712. The summed E-state index contributed by atoms with van der Waals surface area (Å²) in [4.78, 5) is 0. The molecule has 0 radical (unpaired) electrons. The van der Waals surface area contributed by atoms with Crippen molar-refractivity contribution in [3.63, 3.8) is 0 Å². The molecule has 0 aliphatic carbocycles. The van der Waals surface area contributed by atoms with Crippen LogP contribution in [0.2, 0.25) is 0 Å². The number of nitrogens with zero attached hydrogens (tertiary/aromatic N) is 1. The van der Waals surface area contributed by atoms with E-state index in [2.05, 4.69) is 0 Å². The highest BCUT2D eigenvalue weighted by Gasteiger charge is 2.26. The van der Waals surface area contributed by atoms with Crippen molar-refractivity contribution in [3.8, 4) is 6.07 Å². The molecule has 17 heavy (non-hydrogen) atoms. The molecule has 1 aromatic carbocycles. The zero-order valence-corrected chi connectivity index (χ0v) is 10.7. The van der Waals surface area contributed by atoms with Gasteiger partial charge >= 0.3 is 0 Å². The maximum atomic E-state index is 13.6. The first kappa shape index (κ1) is 13.9.